The molecule has 140 valence electrons. The van der Waals surface area contributed by atoms with E-state index in [0.717, 1.165) is 22.7 Å². The largest absolute Gasteiger partial charge is 0.497 e. The average molecular weight is 403 g/mol. The topological polar surface area (TPSA) is 69.0 Å². The number of carbonyl (C=O) groups is 1. The van der Waals surface area contributed by atoms with Crippen molar-refractivity contribution in [3.05, 3.63) is 59.1 Å². The van der Waals surface area contributed by atoms with E-state index in [-0.39, 0.29) is 11.7 Å². The van der Waals surface area contributed by atoms with E-state index in [9.17, 15) is 4.79 Å². The minimum absolute atomic E-state index is 0.0750. The molecule has 0 saturated heterocycles. The fourth-order valence-electron chi connectivity index (χ4n) is 2.46. The van der Waals surface area contributed by atoms with Crippen molar-refractivity contribution in [3.63, 3.8) is 0 Å². The van der Waals surface area contributed by atoms with E-state index in [1.807, 2.05) is 54.1 Å². The molecule has 8 heteroatoms. The number of hydrogen-bond acceptors (Lipinski definition) is 5. The zero-order chi connectivity index (χ0) is 19.2. The summed E-state index contributed by atoms with van der Waals surface area (Å²) >= 11 is 7.29. The van der Waals surface area contributed by atoms with Crippen LogP contribution in [0.15, 0.2) is 53.7 Å². The van der Waals surface area contributed by atoms with E-state index >= 15 is 0 Å². The van der Waals surface area contributed by atoms with Gasteiger partial charge in [0, 0.05) is 24.2 Å². The molecule has 3 rings (SSSR count). The van der Waals surface area contributed by atoms with Crippen molar-refractivity contribution in [1.29, 1.82) is 0 Å². The highest BCUT2D eigenvalue weighted by Crippen LogP contribution is 2.24. The van der Waals surface area contributed by atoms with Gasteiger partial charge in [0.15, 0.2) is 11.0 Å². The Bertz CT molecular complexity index is 928. The van der Waals surface area contributed by atoms with Crippen molar-refractivity contribution in [1.82, 2.24) is 20.1 Å². The van der Waals surface area contributed by atoms with Crippen LogP contribution >= 0.6 is 23.4 Å². The summed E-state index contributed by atoms with van der Waals surface area (Å²) < 4.78 is 7.04. The Morgan fingerprint density at radius 1 is 1.22 bits per heavy atom. The first kappa shape index (κ1) is 19.3. The Kier molecular flexibility index (Phi) is 6.36. The summed E-state index contributed by atoms with van der Waals surface area (Å²) in [6.07, 6.45) is 0. The molecule has 0 saturated carbocycles. The molecule has 27 heavy (non-hydrogen) atoms. The number of hydrogen-bond donors (Lipinski definition) is 1. The van der Waals surface area contributed by atoms with E-state index in [1.165, 1.54) is 11.8 Å². The molecule has 6 nitrogen and oxygen atoms in total. The number of aromatic nitrogens is 3. The van der Waals surface area contributed by atoms with Crippen LogP contribution in [-0.4, -0.2) is 33.5 Å². The zero-order valence-electron chi connectivity index (χ0n) is 15.0. The van der Waals surface area contributed by atoms with Gasteiger partial charge in [0.05, 0.1) is 12.9 Å². The van der Waals surface area contributed by atoms with Gasteiger partial charge in [-0.1, -0.05) is 35.5 Å². The summed E-state index contributed by atoms with van der Waals surface area (Å²) in [5.74, 6) is 1.70. The number of ether oxygens (including phenoxy) is 1. The van der Waals surface area contributed by atoms with Crippen molar-refractivity contribution in [2.45, 2.75) is 11.7 Å². The number of amides is 1. The predicted octanol–water partition coefficient (Wildman–Crippen LogP) is 3.55. The molecule has 0 aliphatic rings. The SMILES string of the molecule is COc1ccc(-c2nnc(SCC(=O)NCc3cccc(Cl)c3)n2C)cc1. The van der Waals surface area contributed by atoms with Gasteiger partial charge in [0.1, 0.15) is 5.75 Å². The lowest BCUT2D eigenvalue weighted by molar-refractivity contribution is -0.118. The van der Waals surface area contributed by atoms with Crippen LogP contribution in [0.1, 0.15) is 5.56 Å². The van der Waals surface area contributed by atoms with Crippen LogP contribution in [0, 0.1) is 0 Å². The molecule has 3 aromatic rings. The summed E-state index contributed by atoms with van der Waals surface area (Å²) in [6, 6.07) is 15.0. The number of benzene rings is 2. The number of rotatable bonds is 7. The second-order valence-electron chi connectivity index (χ2n) is 5.79. The summed E-state index contributed by atoms with van der Waals surface area (Å²) in [5.41, 5.74) is 1.89. The van der Waals surface area contributed by atoms with Crippen molar-refractivity contribution in [3.8, 4) is 17.1 Å². The van der Waals surface area contributed by atoms with Crippen LogP contribution < -0.4 is 10.1 Å². The predicted molar refractivity (Wildman–Crippen MR) is 107 cm³/mol. The van der Waals surface area contributed by atoms with Gasteiger partial charge in [-0.25, -0.2) is 0 Å². The Labute approximate surface area is 166 Å². The van der Waals surface area contributed by atoms with Gasteiger partial charge >= 0.3 is 0 Å². The smallest absolute Gasteiger partial charge is 0.230 e. The van der Waals surface area contributed by atoms with Gasteiger partial charge in [-0.05, 0) is 42.0 Å². The highest BCUT2D eigenvalue weighted by molar-refractivity contribution is 7.99. The second-order valence-corrected chi connectivity index (χ2v) is 7.17. The minimum Gasteiger partial charge on any atom is -0.497 e. The van der Waals surface area contributed by atoms with Crippen LogP contribution in [0.5, 0.6) is 5.75 Å². The summed E-state index contributed by atoms with van der Waals surface area (Å²) in [7, 11) is 3.51. The lowest BCUT2D eigenvalue weighted by atomic mass is 10.2. The maximum atomic E-state index is 12.1. The maximum Gasteiger partial charge on any atom is 0.230 e. The molecule has 0 atom stereocenters. The van der Waals surface area contributed by atoms with Crippen LogP contribution in [0.3, 0.4) is 0 Å². The molecule has 0 fully saturated rings. The number of carbonyl (C=O) groups excluding carboxylic acids is 1. The third-order valence-corrected chi connectivity index (χ3v) is 5.15. The van der Waals surface area contributed by atoms with Crippen molar-refractivity contribution in [2.24, 2.45) is 7.05 Å². The van der Waals surface area contributed by atoms with E-state index in [4.69, 9.17) is 16.3 Å². The lowest BCUT2D eigenvalue weighted by Gasteiger charge is -2.06. The monoisotopic (exact) mass is 402 g/mol. The van der Waals surface area contributed by atoms with Gasteiger partial charge in [0.2, 0.25) is 5.91 Å². The van der Waals surface area contributed by atoms with Gasteiger partial charge in [-0.15, -0.1) is 10.2 Å². The third kappa shape index (κ3) is 5.02. The van der Waals surface area contributed by atoms with Gasteiger partial charge < -0.3 is 14.6 Å². The van der Waals surface area contributed by atoms with Crippen LogP contribution in [-0.2, 0) is 18.4 Å². The molecule has 1 amide bonds. The van der Waals surface area contributed by atoms with Crippen LogP contribution in [0.4, 0.5) is 0 Å². The molecule has 2 aromatic carbocycles. The standard InChI is InChI=1S/C19H19ClN4O2S/c1-24-18(14-6-8-16(26-2)9-7-14)22-23-19(24)27-12-17(25)21-11-13-4-3-5-15(20)10-13/h3-10H,11-12H2,1-2H3,(H,21,25). The zero-order valence-corrected chi connectivity index (χ0v) is 16.5. The summed E-state index contributed by atoms with van der Waals surface area (Å²) in [6.45, 7) is 0.440. The normalized spacial score (nSPS) is 10.6. The molecule has 0 radical (unpaired) electrons. The Morgan fingerprint density at radius 3 is 2.70 bits per heavy atom. The molecule has 0 aliphatic heterocycles. The number of methoxy groups -OCH3 is 1. The first-order valence-electron chi connectivity index (χ1n) is 8.24. The Balaban J connectivity index is 1.56. The van der Waals surface area contributed by atoms with E-state index in [1.54, 1.807) is 13.2 Å². The average Bonchev–Trinajstić information content (AvgIpc) is 3.05. The van der Waals surface area contributed by atoms with E-state index in [2.05, 4.69) is 15.5 Å². The molecule has 0 bridgehead atoms. The van der Waals surface area contributed by atoms with Crippen LogP contribution in [0.2, 0.25) is 5.02 Å². The first-order chi connectivity index (χ1) is 13.1. The molecule has 0 unspecified atom stereocenters. The molecule has 1 aromatic heterocycles. The third-order valence-electron chi connectivity index (χ3n) is 3.89. The summed E-state index contributed by atoms with van der Waals surface area (Å²) in [4.78, 5) is 12.1. The van der Waals surface area contributed by atoms with E-state index < -0.39 is 0 Å². The summed E-state index contributed by atoms with van der Waals surface area (Å²) in [5, 5.41) is 12.6. The van der Waals surface area contributed by atoms with Gasteiger partial charge in [-0.3, -0.25) is 4.79 Å². The van der Waals surface area contributed by atoms with Crippen molar-refractivity contribution in [2.75, 3.05) is 12.9 Å². The highest BCUT2D eigenvalue weighted by Gasteiger charge is 2.13. The van der Waals surface area contributed by atoms with Gasteiger partial charge in [-0.2, -0.15) is 0 Å². The fourth-order valence-corrected chi connectivity index (χ4v) is 3.41. The lowest BCUT2D eigenvalue weighted by Crippen LogP contribution is -2.24. The Morgan fingerprint density at radius 2 is 2.00 bits per heavy atom. The molecule has 1 heterocycles. The number of nitrogens with one attached hydrogen (secondary N) is 1. The maximum absolute atomic E-state index is 12.1. The number of thioether (sulfide) groups is 1. The number of halogens is 1. The first-order valence-corrected chi connectivity index (χ1v) is 9.61. The highest BCUT2D eigenvalue weighted by atomic mass is 35.5. The molecular formula is C19H19ClN4O2S. The fraction of sp³-hybridized carbons (Fsp3) is 0.211. The van der Waals surface area contributed by atoms with Crippen LogP contribution in [0.25, 0.3) is 11.4 Å². The molecular weight excluding hydrogens is 384 g/mol. The Hall–Kier alpha value is -2.51. The van der Waals surface area contributed by atoms with Crippen molar-refractivity contribution < 1.29 is 9.53 Å². The quantitative estimate of drug-likeness (QED) is 0.612. The molecule has 0 aliphatic carbocycles. The minimum atomic E-state index is -0.0750. The molecule has 1 N–H and O–H groups in total. The second kappa shape index (κ2) is 8.92. The number of nitrogens with zero attached hydrogens (tertiary/aromatic N) is 3. The van der Waals surface area contributed by atoms with Gasteiger partial charge in [0.25, 0.3) is 0 Å². The van der Waals surface area contributed by atoms with E-state index in [0.29, 0.717) is 16.7 Å². The molecule has 0 spiro atoms. The van der Waals surface area contributed by atoms with Crippen molar-refractivity contribution >= 4 is 29.3 Å².